The van der Waals surface area contributed by atoms with Gasteiger partial charge in [-0.3, -0.25) is 9.59 Å². The summed E-state index contributed by atoms with van der Waals surface area (Å²) in [6, 6.07) is 5.90. The van der Waals surface area contributed by atoms with Crippen LogP contribution >= 0.6 is 0 Å². The Kier molecular flexibility index (Phi) is 4.88. The summed E-state index contributed by atoms with van der Waals surface area (Å²) in [5.74, 6) is 1.46. The fourth-order valence-electron chi connectivity index (χ4n) is 3.35. The molecule has 1 fully saturated rings. The third-order valence-electron chi connectivity index (χ3n) is 5.10. The Bertz CT molecular complexity index is 671. The van der Waals surface area contributed by atoms with E-state index in [9.17, 15) is 9.59 Å². The number of ether oxygens (including phenoxy) is 2. The van der Waals surface area contributed by atoms with Gasteiger partial charge in [-0.1, -0.05) is 19.9 Å². The van der Waals surface area contributed by atoms with E-state index in [1.165, 1.54) is 0 Å². The second kappa shape index (κ2) is 6.94. The van der Waals surface area contributed by atoms with Gasteiger partial charge in [-0.2, -0.15) is 0 Å². The molecule has 0 aromatic heterocycles. The second-order valence-corrected chi connectivity index (χ2v) is 7.47. The van der Waals surface area contributed by atoms with E-state index in [4.69, 9.17) is 9.47 Å². The topological polar surface area (TPSA) is 67.9 Å². The Hall–Kier alpha value is -2.24. The zero-order chi connectivity index (χ0) is 18.0. The summed E-state index contributed by atoms with van der Waals surface area (Å²) in [6.45, 7) is 7.80. The molecule has 25 heavy (non-hydrogen) atoms. The Morgan fingerprint density at radius 1 is 1.28 bits per heavy atom. The SMILES string of the molecule is CC(=O)N1CCCC(C(=O)NCC(C)(C)c2ccc3c(c2)OCO3)C1. The first-order valence-corrected chi connectivity index (χ1v) is 8.80. The minimum atomic E-state index is -0.231. The molecule has 0 bridgehead atoms. The van der Waals surface area contributed by atoms with E-state index in [0.717, 1.165) is 36.4 Å². The van der Waals surface area contributed by atoms with Crippen LogP contribution in [0.4, 0.5) is 0 Å². The lowest BCUT2D eigenvalue weighted by Crippen LogP contribution is -2.46. The van der Waals surface area contributed by atoms with Gasteiger partial charge in [0.25, 0.3) is 0 Å². The van der Waals surface area contributed by atoms with E-state index >= 15 is 0 Å². The molecule has 1 atom stereocenters. The number of rotatable bonds is 4. The van der Waals surface area contributed by atoms with E-state index < -0.39 is 0 Å². The van der Waals surface area contributed by atoms with Gasteiger partial charge in [0.15, 0.2) is 11.5 Å². The van der Waals surface area contributed by atoms with Crippen LogP contribution in [0.25, 0.3) is 0 Å². The first kappa shape index (κ1) is 17.6. The molecule has 2 amide bonds. The van der Waals surface area contributed by atoms with Crippen LogP contribution in [0.15, 0.2) is 18.2 Å². The highest BCUT2D eigenvalue weighted by atomic mass is 16.7. The van der Waals surface area contributed by atoms with E-state index in [-0.39, 0.29) is 29.9 Å². The lowest BCUT2D eigenvalue weighted by atomic mass is 9.84. The van der Waals surface area contributed by atoms with E-state index in [1.54, 1.807) is 11.8 Å². The zero-order valence-corrected chi connectivity index (χ0v) is 15.1. The highest BCUT2D eigenvalue weighted by molar-refractivity contribution is 5.80. The lowest BCUT2D eigenvalue weighted by Gasteiger charge is -2.32. The average molecular weight is 346 g/mol. The average Bonchev–Trinajstić information content (AvgIpc) is 3.07. The molecule has 1 N–H and O–H groups in total. The zero-order valence-electron chi connectivity index (χ0n) is 15.1. The van der Waals surface area contributed by atoms with E-state index in [2.05, 4.69) is 19.2 Å². The van der Waals surface area contributed by atoms with E-state index in [0.29, 0.717) is 13.1 Å². The van der Waals surface area contributed by atoms with Crippen LogP contribution in [0.1, 0.15) is 39.2 Å². The van der Waals surface area contributed by atoms with Gasteiger partial charge >= 0.3 is 0 Å². The molecular weight excluding hydrogens is 320 g/mol. The molecule has 0 spiro atoms. The first-order valence-electron chi connectivity index (χ1n) is 8.80. The van der Waals surface area contributed by atoms with Gasteiger partial charge in [0.2, 0.25) is 18.6 Å². The van der Waals surface area contributed by atoms with Crippen LogP contribution in [0, 0.1) is 5.92 Å². The van der Waals surface area contributed by atoms with Crippen LogP contribution in [0.2, 0.25) is 0 Å². The monoisotopic (exact) mass is 346 g/mol. The maximum atomic E-state index is 12.5. The number of nitrogens with zero attached hydrogens (tertiary/aromatic N) is 1. The maximum Gasteiger partial charge on any atom is 0.231 e. The molecule has 2 heterocycles. The molecule has 0 radical (unpaired) electrons. The van der Waals surface area contributed by atoms with E-state index in [1.807, 2.05) is 18.2 Å². The van der Waals surface area contributed by atoms with Crippen molar-refractivity contribution < 1.29 is 19.1 Å². The van der Waals surface area contributed by atoms with Gasteiger partial charge in [-0.25, -0.2) is 0 Å². The van der Waals surface area contributed by atoms with Crippen LogP contribution in [-0.4, -0.2) is 43.1 Å². The van der Waals surface area contributed by atoms with Gasteiger partial charge < -0.3 is 19.7 Å². The molecule has 6 nitrogen and oxygen atoms in total. The number of piperidine rings is 1. The van der Waals surface area contributed by atoms with Crippen molar-refractivity contribution in [2.75, 3.05) is 26.4 Å². The normalized spacial score (nSPS) is 19.6. The molecule has 3 rings (SSSR count). The number of nitrogens with one attached hydrogen (secondary N) is 1. The molecule has 0 aliphatic carbocycles. The summed E-state index contributed by atoms with van der Waals surface area (Å²) in [6.07, 6.45) is 1.71. The minimum Gasteiger partial charge on any atom is -0.454 e. The number of likely N-dealkylation sites (tertiary alicyclic amines) is 1. The lowest BCUT2D eigenvalue weighted by molar-refractivity contribution is -0.134. The molecule has 2 aliphatic heterocycles. The Balaban J connectivity index is 1.60. The van der Waals surface area contributed by atoms with Crippen molar-refractivity contribution in [3.63, 3.8) is 0 Å². The summed E-state index contributed by atoms with van der Waals surface area (Å²) < 4.78 is 10.8. The molecule has 1 aromatic rings. The van der Waals surface area contributed by atoms with Crippen LogP contribution in [0.5, 0.6) is 11.5 Å². The molecular formula is C19H26N2O4. The maximum absolute atomic E-state index is 12.5. The number of hydrogen-bond donors (Lipinski definition) is 1. The predicted molar refractivity (Wildman–Crippen MR) is 93.6 cm³/mol. The Labute approximate surface area is 148 Å². The first-order chi connectivity index (χ1) is 11.9. The third-order valence-corrected chi connectivity index (χ3v) is 5.10. The quantitative estimate of drug-likeness (QED) is 0.906. The number of benzene rings is 1. The van der Waals surface area contributed by atoms with Crippen LogP contribution < -0.4 is 14.8 Å². The summed E-state index contributed by atoms with van der Waals surface area (Å²) >= 11 is 0. The summed E-state index contributed by atoms with van der Waals surface area (Å²) in [4.78, 5) is 25.8. The molecule has 1 saturated heterocycles. The molecule has 1 unspecified atom stereocenters. The molecule has 136 valence electrons. The van der Waals surface area contributed by atoms with Gasteiger partial charge in [0.1, 0.15) is 0 Å². The standard InChI is InChI=1S/C19H26N2O4/c1-13(22)21-8-4-5-14(10-21)18(23)20-11-19(2,3)15-6-7-16-17(9-15)25-12-24-16/h6-7,9,14H,4-5,8,10-12H2,1-3H3,(H,20,23). The number of fused-ring (bicyclic) bond motifs is 1. The molecule has 0 saturated carbocycles. The molecule has 6 heteroatoms. The Morgan fingerprint density at radius 2 is 2.04 bits per heavy atom. The number of carbonyl (C=O) groups excluding carboxylic acids is 2. The van der Waals surface area contributed by atoms with Gasteiger partial charge in [-0.05, 0) is 30.5 Å². The number of hydrogen-bond acceptors (Lipinski definition) is 4. The Morgan fingerprint density at radius 3 is 2.80 bits per heavy atom. The molecule has 2 aliphatic rings. The largest absolute Gasteiger partial charge is 0.454 e. The number of carbonyl (C=O) groups is 2. The second-order valence-electron chi connectivity index (χ2n) is 7.47. The fraction of sp³-hybridized carbons (Fsp3) is 0.579. The van der Waals surface area contributed by atoms with Crippen molar-refractivity contribution in [1.82, 2.24) is 10.2 Å². The highest BCUT2D eigenvalue weighted by Crippen LogP contribution is 2.36. The van der Waals surface area contributed by atoms with Crippen molar-refractivity contribution >= 4 is 11.8 Å². The summed E-state index contributed by atoms with van der Waals surface area (Å²) in [7, 11) is 0. The van der Waals surface area contributed by atoms with Crippen molar-refractivity contribution in [1.29, 1.82) is 0 Å². The summed E-state index contributed by atoms with van der Waals surface area (Å²) in [5.41, 5.74) is 0.858. The van der Waals surface area contributed by atoms with Gasteiger partial charge in [0, 0.05) is 32.0 Å². The highest BCUT2D eigenvalue weighted by Gasteiger charge is 2.29. The fourth-order valence-corrected chi connectivity index (χ4v) is 3.35. The molecule has 1 aromatic carbocycles. The van der Waals surface area contributed by atoms with Crippen molar-refractivity contribution in [2.45, 2.75) is 39.0 Å². The van der Waals surface area contributed by atoms with Gasteiger partial charge in [-0.15, -0.1) is 0 Å². The van der Waals surface area contributed by atoms with Crippen molar-refractivity contribution in [3.8, 4) is 11.5 Å². The van der Waals surface area contributed by atoms with Crippen LogP contribution in [-0.2, 0) is 15.0 Å². The van der Waals surface area contributed by atoms with Crippen molar-refractivity contribution in [3.05, 3.63) is 23.8 Å². The summed E-state index contributed by atoms with van der Waals surface area (Å²) in [5, 5.41) is 3.07. The predicted octanol–water partition coefficient (Wildman–Crippen LogP) is 2.07. The minimum absolute atomic E-state index is 0.0276. The van der Waals surface area contributed by atoms with Crippen molar-refractivity contribution in [2.24, 2.45) is 5.92 Å². The van der Waals surface area contributed by atoms with Gasteiger partial charge in [0.05, 0.1) is 5.92 Å². The van der Waals surface area contributed by atoms with Crippen LogP contribution in [0.3, 0.4) is 0 Å². The smallest absolute Gasteiger partial charge is 0.231 e. The third kappa shape index (κ3) is 3.89. The number of amides is 2.